The molecular weight excluding hydrogens is 280 g/mol. The van der Waals surface area contributed by atoms with E-state index in [-0.39, 0.29) is 12.1 Å². The number of carbonyl (C=O) groups is 1. The van der Waals surface area contributed by atoms with Crippen LogP contribution in [0.2, 0.25) is 0 Å². The summed E-state index contributed by atoms with van der Waals surface area (Å²) in [5, 5.41) is 9.75. The summed E-state index contributed by atoms with van der Waals surface area (Å²) in [5.41, 5.74) is 2.41. The van der Waals surface area contributed by atoms with Gasteiger partial charge in [-0.15, -0.1) is 0 Å². The summed E-state index contributed by atoms with van der Waals surface area (Å²) in [7, 11) is 1.66. The molecular formula is C16H22N4O2. The Bertz CT molecular complexity index is 624. The van der Waals surface area contributed by atoms with Gasteiger partial charge in [0.15, 0.2) is 0 Å². The number of methoxy groups -OCH3 is 1. The molecule has 0 fully saturated rings. The molecule has 0 aliphatic rings. The van der Waals surface area contributed by atoms with Gasteiger partial charge < -0.3 is 15.4 Å². The minimum absolute atomic E-state index is 0.0166. The number of urea groups is 1. The molecule has 0 aliphatic carbocycles. The van der Waals surface area contributed by atoms with Gasteiger partial charge >= 0.3 is 6.03 Å². The maximum atomic E-state index is 12.0. The highest BCUT2D eigenvalue weighted by Crippen LogP contribution is 2.19. The summed E-state index contributed by atoms with van der Waals surface area (Å²) < 4.78 is 7.08. The lowest BCUT2D eigenvalue weighted by molar-refractivity contribution is 0.119. The molecule has 118 valence electrons. The monoisotopic (exact) mass is 302 g/mol. The van der Waals surface area contributed by atoms with E-state index < -0.39 is 0 Å². The first-order valence-electron chi connectivity index (χ1n) is 7.35. The number of hydrogen-bond acceptors (Lipinski definition) is 3. The molecule has 2 amide bonds. The largest absolute Gasteiger partial charge is 0.377 e. The lowest BCUT2D eigenvalue weighted by atomic mass is 10.1. The number of benzene rings is 1. The van der Waals surface area contributed by atoms with Gasteiger partial charge in [0, 0.05) is 25.5 Å². The van der Waals surface area contributed by atoms with E-state index in [0.29, 0.717) is 5.69 Å². The van der Waals surface area contributed by atoms with E-state index in [2.05, 4.69) is 22.7 Å². The molecule has 1 aromatic heterocycles. The highest BCUT2D eigenvalue weighted by Gasteiger charge is 2.07. The third-order valence-electron chi connectivity index (χ3n) is 3.31. The fraction of sp³-hybridized carbons (Fsp3) is 0.375. The van der Waals surface area contributed by atoms with Crippen molar-refractivity contribution >= 4 is 17.4 Å². The fourth-order valence-corrected chi connectivity index (χ4v) is 2.08. The van der Waals surface area contributed by atoms with Crippen molar-refractivity contribution in [3.63, 3.8) is 0 Å². The van der Waals surface area contributed by atoms with Crippen molar-refractivity contribution in [2.24, 2.45) is 0 Å². The van der Waals surface area contributed by atoms with Crippen LogP contribution in [0.3, 0.4) is 0 Å². The van der Waals surface area contributed by atoms with Crippen LogP contribution in [0.25, 0.3) is 0 Å². The highest BCUT2D eigenvalue weighted by molar-refractivity contribution is 5.99. The van der Waals surface area contributed by atoms with E-state index in [1.165, 1.54) is 0 Å². The molecule has 0 radical (unpaired) electrons. The number of amides is 2. The molecule has 6 heteroatoms. The number of aromatic nitrogens is 2. The van der Waals surface area contributed by atoms with Crippen molar-refractivity contribution in [2.75, 3.05) is 17.7 Å². The second-order valence-electron chi connectivity index (χ2n) is 5.07. The first-order valence-corrected chi connectivity index (χ1v) is 7.35. The Morgan fingerprint density at radius 1 is 1.36 bits per heavy atom. The summed E-state index contributed by atoms with van der Waals surface area (Å²) in [4.78, 5) is 12.0. The highest BCUT2D eigenvalue weighted by atomic mass is 16.5. The van der Waals surface area contributed by atoms with Gasteiger partial charge in [-0.05, 0) is 31.0 Å². The maximum Gasteiger partial charge on any atom is 0.323 e. The van der Waals surface area contributed by atoms with Gasteiger partial charge in [0.1, 0.15) is 0 Å². The Labute approximate surface area is 130 Å². The van der Waals surface area contributed by atoms with Crippen LogP contribution >= 0.6 is 0 Å². The number of aryl methyl sites for hydroxylation is 1. The van der Waals surface area contributed by atoms with Gasteiger partial charge in [0.25, 0.3) is 0 Å². The zero-order valence-corrected chi connectivity index (χ0v) is 13.2. The minimum atomic E-state index is -0.293. The van der Waals surface area contributed by atoms with Gasteiger partial charge in [-0.25, -0.2) is 4.79 Å². The van der Waals surface area contributed by atoms with Gasteiger partial charge in [-0.3, -0.25) is 4.68 Å². The number of nitrogens with one attached hydrogen (secondary N) is 2. The number of rotatable bonds is 6. The molecule has 1 heterocycles. The van der Waals surface area contributed by atoms with Crippen LogP contribution in [0, 0.1) is 0 Å². The van der Waals surface area contributed by atoms with E-state index in [4.69, 9.17) is 4.74 Å². The predicted molar refractivity (Wildman–Crippen MR) is 87.0 cm³/mol. The third kappa shape index (κ3) is 4.33. The zero-order chi connectivity index (χ0) is 15.9. The first kappa shape index (κ1) is 16.0. The van der Waals surface area contributed by atoms with E-state index in [0.717, 1.165) is 24.2 Å². The third-order valence-corrected chi connectivity index (χ3v) is 3.31. The van der Waals surface area contributed by atoms with E-state index in [1.54, 1.807) is 18.0 Å². The number of hydrogen-bond donors (Lipinski definition) is 2. The Balaban J connectivity index is 1.96. The Kier molecular flexibility index (Phi) is 5.55. The molecule has 0 saturated carbocycles. The van der Waals surface area contributed by atoms with Crippen LogP contribution in [0.5, 0.6) is 0 Å². The molecule has 2 N–H and O–H groups in total. The standard InChI is InChI=1S/C16H22N4O2/c1-4-8-20-11-15(10-17-20)19-16(21)18-14-7-5-6-13(9-14)12(2)22-3/h5-7,9-12H,4,8H2,1-3H3,(H2,18,19,21)/t12-/m0/s1. The molecule has 1 atom stereocenters. The first-order chi connectivity index (χ1) is 10.6. The number of nitrogens with zero attached hydrogens (tertiary/aromatic N) is 2. The summed E-state index contributed by atoms with van der Waals surface area (Å²) in [6.07, 6.45) is 4.43. The average Bonchev–Trinajstić information content (AvgIpc) is 2.94. The average molecular weight is 302 g/mol. The van der Waals surface area contributed by atoms with Crippen LogP contribution in [0.4, 0.5) is 16.2 Å². The minimum Gasteiger partial charge on any atom is -0.377 e. The van der Waals surface area contributed by atoms with E-state index >= 15 is 0 Å². The van der Waals surface area contributed by atoms with Crippen molar-refractivity contribution in [1.82, 2.24) is 9.78 Å². The molecule has 0 bridgehead atoms. The topological polar surface area (TPSA) is 68.2 Å². The smallest absolute Gasteiger partial charge is 0.323 e. The molecule has 2 aromatic rings. The molecule has 2 rings (SSSR count). The predicted octanol–water partition coefficient (Wildman–Crippen LogP) is 3.64. The Hall–Kier alpha value is -2.34. The van der Waals surface area contributed by atoms with Crippen molar-refractivity contribution in [3.05, 3.63) is 42.2 Å². The Morgan fingerprint density at radius 2 is 2.14 bits per heavy atom. The number of carbonyl (C=O) groups excluding carboxylic acids is 1. The maximum absolute atomic E-state index is 12.0. The van der Waals surface area contributed by atoms with Gasteiger partial charge in [-0.1, -0.05) is 19.1 Å². The van der Waals surface area contributed by atoms with Crippen molar-refractivity contribution < 1.29 is 9.53 Å². The molecule has 0 saturated heterocycles. The van der Waals surface area contributed by atoms with Crippen molar-refractivity contribution in [1.29, 1.82) is 0 Å². The number of ether oxygens (including phenoxy) is 1. The van der Waals surface area contributed by atoms with Crippen LogP contribution < -0.4 is 10.6 Å². The van der Waals surface area contributed by atoms with E-state index in [1.807, 2.05) is 37.4 Å². The van der Waals surface area contributed by atoms with Gasteiger partial charge in [0.2, 0.25) is 0 Å². The second kappa shape index (κ2) is 7.61. The van der Waals surface area contributed by atoms with Crippen LogP contribution in [0.1, 0.15) is 31.9 Å². The van der Waals surface area contributed by atoms with Crippen molar-refractivity contribution in [2.45, 2.75) is 32.9 Å². The SMILES string of the molecule is CCCn1cc(NC(=O)Nc2cccc([C@H](C)OC)c2)cn1. The van der Waals surface area contributed by atoms with Crippen molar-refractivity contribution in [3.8, 4) is 0 Å². The molecule has 0 aliphatic heterocycles. The summed E-state index contributed by atoms with van der Waals surface area (Å²) in [6.45, 7) is 4.87. The normalized spacial score (nSPS) is 12.0. The zero-order valence-electron chi connectivity index (χ0n) is 13.2. The fourth-order valence-electron chi connectivity index (χ4n) is 2.08. The lowest BCUT2D eigenvalue weighted by Crippen LogP contribution is -2.19. The molecule has 22 heavy (non-hydrogen) atoms. The molecule has 0 unspecified atom stereocenters. The van der Waals surface area contributed by atoms with Crippen LogP contribution in [0.15, 0.2) is 36.7 Å². The second-order valence-corrected chi connectivity index (χ2v) is 5.07. The summed E-state index contributed by atoms with van der Waals surface area (Å²) in [6, 6.07) is 7.30. The molecule has 0 spiro atoms. The van der Waals surface area contributed by atoms with E-state index in [9.17, 15) is 4.79 Å². The van der Waals surface area contributed by atoms with Gasteiger partial charge in [0.05, 0.1) is 18.0 Å². The molecule has 6 nitrogen and oxygen atoms in total. The van der Waals surface area contributed by atoms with Gasteiger partial charge in [-0.2, -0.15) is 5.10 Å². The van der Waals surface area contributed by atoms with Crippen LogP contribution in [-0.4, -0.2) is 22.9 Å². The summed E-state index contributed by atoms with van der Waals surface area (Å²) >= 11 is 0. The Morgan fingerprint density at radius 3 is 2.86 bits per heavy atom. The number of anilines is 2. The molecule has 1 aromatic carbocycles. The lowest BCUT2D eigenvalue weighted by Gasteiger charge is -2.12. The summed E-state index contributed by atoms with van der Waals surface area (Å²) in [5.74, 6) is 0. The quantitative estimate of drug-likeness (QED) is 0.856. The van der Waals surface area contributed by atoms with Crippen LogP contribution in [-0.2, 0) is 11.3 Å².